The fraction of sp³-hybridized carbons (Fsp3) is 0.111. The van der Waals surface area contributed by atoms with E-state index >= 15 is 0 Å². The SMILES string of the molecule is Ic1ccc(-c2cccc(C3=CC=CCC3)c2)cc1. The summed E-state index contributed by atoms with van der Waals surface area (Å²) in [4.78, 5) is 0. The van der Waals surface area contributed by atoms with Crippen molar-refractivity contribution >= 4 is 28.2 Å². The average Bonchev–Trinajstić information content (AvgIpc) is 2.49. The molecule has 0 fully saturated rings. The van der Waals surface area contributed by atoms with Crippen molar-refractivity contribution in [1.29, 1.82) is 0 Å². The maximum atomic E-state index is 2.34. The monoisotopic (exact) mass is 358 g/mol. The van der Waals surface area contributed by atoms with Gasteiger partial charge in [-0.2, -0.15) is 0 Å². The molecule has 0 heterocycles. The highest BCUT2D eigenvalue weighted by Crippen LogP contribution is 2.28. The van der Waals surface area contributed by atoms with Gasteiger partial charge in [0, 0.05) is 3.57 Å². The average molecular weight is 358 g/mol. The van der Waals surface area contributed by atoms with Crippen molar-refractivity contribution in [2.24, 2.45) is 0 Å². The van der Waals surface area contributed by atoms with Crippen LogP contribution in [0.15, 0.2) is 66.8 Å². The van der Waals surface area contributed by atoms with E-state index in [9.17, 15) is 0 Å². The zero-order chi connectivity index (χ0) is 13.1. The van der Waals surface area contributed by atoms with Gasteiger partial charge >= 0.3 is 0 Å². The van der Waals surface area contributed by atoms with Crippen LogP contribution in [0.2, 0.25) is 0 Å². The molecule has 0 nitrogen and oxygen atoms in total. The number of benzene rings is 2. The van der Waals surface area contributed by atoms with Crippen molar-refractivity contribution in [3.05, 3.63) is 75.9 Å². The first-order valence-electron chi connectivity index (χ1n) is 6.55. The molecule has 2 aromatic carbocycles. The van der Waals surface area contributed by atoms with Gasteiger partial charge in [0.2, 0.25) is 0 Å². The molecule has 0 unspecified atom stereocenters. The van der Waals surface area contributed by atoms with Crippen molar-refractivity contribution in [2.75, 3.05) is 0 Å². The second-order valence-corrected chi connectivity index (χ2v) is 5.99. The summed E-state index contributed by atoms with van der Waals surface area (Å²) in [6.45, 7) is 0. The van der Waals surface area contributed by atoms with Crippen molar-refractivity contribution in [1.82, 2.24) is 0 Å². The minimum Gasteiger partial charge on any atom is -0.0842 e. The maximum Gasteiger partial charge on any atom is 0.0130 e. The summed E-state index contributed by atoms with van der Waals surface area (Å²) in [5.74, 6) is 0. The molecule has 94 valence electrons. The molecular formula is C18H15I. The van der Waals surface area contributed by atoms with Gasteiger partial charge in [-0.15, -0.1) is 0 Å². The Morgan fingerprint density at radius 2 is 1.63 bits per heavy atom. The second-order valence-electron chi connectivity index (χ2n) is 4.75. The minimum atomic E-state index is 1.15. The lowest BCUT2D eigenvalue weighted by Crippen LogP contribution is -1.89. The third kappa shape index (κ3) is 2.98. The fourth-order valence-electron chi connectivity index (χ4n) is 2.38. The Kier molecular flexibility index (Phi) is 3.83. The first-order valence-corrected chi connectivity index (χ1v) is 7.63. The van der Waals surface area contributed by atoms with E-state index in [0.29, 0.717) is 0 Å². The van der Waals surface area contributed by atoms with Crippen LogP contribution in [0.25, 0.3) is 16.7 Å². The van der Waals surface area contributed by atoms with Crippen LogP contribution in [0.1, 0.15) is 18.4 Å². The van der Waals surface area contributed by atoms with Crippen LogP contribution in [-0.4, -0.2) is 0 Å². The van der Waals surface area contributed by atoms with E-state index < -0.39 is 0 Å². The maximum absolute atomic E-state index is 2.34. The van der Waals surface area contributed by atoms with Crippen LogP contribution in [0.3, 0.4) is 0 Å². The molecule has 19 heavy (non-hydrogen) atoms. The first-order chi connectivity index (χ1) is 9.33. The Bertz CT molecular complexity index is 633. The van der Waals surface area contributed by atoms with E-state index in [2.05, 4.69) is 89.3 Å². The van der Waals surface area contributed by atoms with Crippen LogP contribution >= 0.6 is 22.6 Å². The second kappa shape index (κ2) is 5.74. The van der Waals surface area contributed by atoms with E-state index in [4.69, 9.17) is 0 Å². The van der Waals surface area contributed by atoms with Gasteiger partial charge in [0.1, 0.15) is 0 Å². The van der Waals surface area contributed by atoms with Crippen LogP contribution in [0, 0.1) is 3.57 Å². The molecule has 0 bridgehead atoms. The quantitative estimate of drug-likeness (QED) is 0.605. The smallest absolute Gasteiger partial charge is 0.0130 e. The summed E-state index contributed by atoms with van der Waals surface area (Å²) in [7, 11) is 0. The van der Waals surface area contributed by atoms with E-state index in [1.165, 1.54) is 25.8 Å². The Balaban J connectivity index is 1.98. The lowest BCUT2D eigenvalue weighted by Gasteiger charge is -2.11. The van der Waals surface area contributed by atoms with Gasteiger partial charge < -0.3 is 0 Å². The molecule has 2 aromatic rings. The number of hydrogen-bond donors (Lipinski definition) is 0. The Morgan fingerprint density at radius 1 is 0.842 bits per heavy atom. The van der Waals surface area contributed by atoms with E-state index in [1.54, 1.807) is 0 Å². The molecule has 0 saturated heterocycles. The summed E-state index contributed by atoms with van der Waals surface area (Å²) in [6.07, 6.45) is 8.92. The summed E-state index contributed by atoms with van der Waals surface area (Å²) in [6, 6.07) is 17.5. The number of allylic oxidation sites excluding steroid dienone is 4. The fourth-order valence-corrected chi connectivity index (χ4v) is 2.74. The third-order valence-electron chi connectivity index (χ3n) is 3.42. The van der Waals surface area contributed by atoms with E-state index in [1.807, 2.05) is 0 Å². The molecular weight excluding hydrogens is 343 g/mol. The lowest BCUT2D eigenvalue weighted by molar-refractivity contribution is 1.05. The van der Waals surface area contributed by atoms with Gasteiger partial charge in [-0.1, -0.05) is 48.6 Å². The largest absolute Gasteiger partial charge is 0.0842 e. The predicted octanol–water partition coefficient (Wildman–Crippen LogP) is 5.69. The molecule has 0 spiro atoms. The summed E-state index contributed by atoms with van der Waals surface area (Å²) in [5.41, 5.74) is 5.37. The Labute approximate surface area is 128 Å². The van der Waals surface area contributed by atoms with E-state index in [0.717, 1.165) is 12.8 Å². The summed E-state index contributed by atoms with van der Waals surface area (Å²) < 4.78 is 1.28. The number of rotatable bonds is 2. The lowest BCUT2D eigenvalue weighted by atomic mass is 9.94. The number of hydrogen-bond acceptors (Lipinski definition) is 0. The number of halogens is 1. The van der Waals surface area contributed by atoms with Crippen molar-refractivity contribution in [2.45, 2.75) is 12.8 Å². The molecule has 1 aliphatic carbocycles. The Hall–Kier alpha value is -1.35. The molecule has 0 amide bonds. The first kappa shape index (κ1) is 12.7. The van der Waals surface area contributed by atoms with Gasteiger partial charge in [0.05, 0.1) is 0 Å². The van der Waals surface area contributed by atoms with Gasteiger partial charge in [-0.05, 0) is 75.9 Å². The highest BCUT2D eigenvalue weighted by molar-refractivity contribution is 14.1. The molecule has 1 heteroatoms. The zero-order valence-corrected chi connectivity index (χ0v) is 12.8. The highest BCUT2D eigenvalue weighted by atomic mass is 127. The molecule has 1 aliphatic rings. The zero-order valence-electron chi connectivity index (χ0n) is 10.6. The Morgan fingerprint density at radius 3 is 2.37 bits per heavy atom. The standard InChI is InChI=1S/C18H15I/c19-18-11-9-15(10-12-18)17-8-4-7-16(13-17)14-5-2-1-3-6-14/h1-2,4-5,7-13H,3,6H2. The topological polar surface area (TPSA) is 0 Å². The van der Waals surface area contributed by atoms with Crippen LogP contribution in [-0.2, 0) is 0 Å². The summed E-state index contributed by atoms with van der Waals surface area (Å²) in [5, 5.41) is 0. The predicted molar refractivity (Wildman–Crippen MR) is 90.9 cm³/mol. The normalized spacial score (nSPS) is 14.3. The van der Waals surface area contributed by atoms with Crippen LogP contribution in [0.4, 0.5) is 0 Å². The van der Waals surface area contributed by atoms with Crippen molar-refractivity contribution in [3.8, 4) is 11.1 Å². The highest BCUT2D eigenvalue weighted by Gasteiger charge is 2.05. The van der Waals surface area contributed by atoms with Crippen molar-refractivity contribution < 1.29 is 0 Å². The van der Waals surface area contributed by atoms with Gasteiger partial charge in [0.15, 0.2) is 0 Å². The van der Waals surface area contributed by atoms with Gasteiger partial charge in [0.25, 0.3) is 0 Å². The van der Waals surface area contributed by atoms with E-state index in [-0.39, 0.29) is 0 Å². The van der Waals surface area contributed by atoms with Crippen molar-refractivity contribution in [3.63, 3.8) is 0 Å². The molecule has 0 atom stereocenters. The van der Waals surface area contributed by atoms with Gasteiger partial charge in [-0.3, -0.25) is 0 Å². The molecule has 0 aliphatic heterocycles. The molecule has 0 aromatic heterocycles. The molecule has 0 radical (unpaired) electrons. The van der Waals surface area contributed by atoms with Crippen LogP contribution < -0.4 is 0 Å². The van der Waals surface area contributed by atoms with Gasteiger partial charge in [-0.25, -0.2) is 0 Å². The summed E-state index contributed by atoms with van der Waals surface area (Å²) >= 11 is 2.34. The molecule has 0 N–H and O–H groups in total. The minimum absolute atomic E-state index is 1.15. The third-order valence-corrected chi connectivity index (χ3v) is 4.14. The molecule has 0 saturated carbocycles. The molecule has 3 rings (SSSR count). The van der Waals surface area contributed by atoms with Crippen LogP contribution in [0.5, 0.6) is 0 Å².